The van der Waals surface area contributed by atoms with Gasteiger partial charge in [-0.15, -0.1) is 0 Å². The van der Waals surface area contributed by atoms with Crippen molar-refractivity contribution in [1.82, 2.24) is 10.9 Å². The lowest BCUT2D eigenvalue weighted by atomic mass is 10.0. The van der Waals surface area contributed by atoms with Crippen LogP contribution in [0.4, 0.5) is 10.5 Å². The van der Waals surface area contributed by atoms with Crippen molar-refractivity contribution >= 4 is 17.7 Å². The number of nitrogens with one attached hydrogen (secondary N) is 2. The highest BCUT2D eigenvalue weighted by Gasteiger charge is 2.16. The maximum absolute atomic E-state index is 12.0. The molecule has 2 N–H and O–H groups in total. The summed E-state index contributed by atoms with van der Waals surface area (Å²) in [7, 11) is 4.01. The molecular weight excluding hydrogens is 342 g/mol. The number of benzene rings is 2. The fraction of sp³-hybridized carbons (Fsp3) is 0.333. The van der Waals surface area contributed by atoms with Gasteiger partial charge in [-0.2, -0.15) is 0 Å². The van der Waals surface area contributed by atoms with Crippen molar-refractivity contribution in [3.63, 3.8) is 0 Å². The van der Waals surface area contributed by atoms with Gasteiger partial charge in [0, 0.05) is 19.8 Å². The summed E-state index contributed by atoms with van der Waals surface area (Å²) < 4.78 is 5.06. The van der Waals surface area contributed by atoms with Gasteiger partial charge in [0.2, 0.25) is 5.91 Å². The molecule has 2 amide bonds. The molecule has 2 aromatic carbocycles. The topological polar surface area (TPSA) is 70.7 Å². The summed E-state index contributed by atoms with van der Waals surface area (Å²) in [5.41, 5.74) is 8.17. The summed E-state index contributed by atoms with van der Waals surface area (Å²) in [4.78, 5) is 25.5. The number of carbonyl (C=O) groups excluding carboxylic acids is 2. The molecule has 0 aliphatic heterocycles. The Balaban J connectivity index is 1.89. The van der Waals surface area contributed by atoms with E-state index in [2.05, 4.69) is 40.0 Å². The van der Waals surface area contributed by atoms with Crippen molar-refractivity contribution in [3.8, 4) is 11.1 Å². The molecule has 6 heteroatoms. The van der Waals surface area contributed by atoms with Gasteiger partial charge in [0.1, 0.15) is 5.60 Å². The third-order valence-electron chi connectivity index (χ3n) is 3.74. The van der Waals surface area contributed by atoms with Crippen molar-refractivity contribution in [2.45, 2.75) is 32.8 Å². The predicted octanol–water partition coefficient (Wildman–Crippen LogP) is 3.52. The molecule has 0 saturated carbocycles. The van der Waals surface area contributed by atoms with Gasteiger partial charge in [-0.05, 0) is 49.6 Å². The minimum Gasteiger partial charge on any atom is -0.443 e. The number of hydrogen-bond acceptors (Lipinski definition) is 4. The number of nitrogens with zero attached hydrogens (tertiary/aromatic N) is 1. The highest BCUT2D eigenvalue weighted by atomic mass is 16.6. The van der Waals surface area contributed by atoms with Crippen LogP contribution in [-0.4, -0.2) is 31.7 Å². The maximum atomic E-state index is 12.0. The van der Waals surface area contributed by atoms with E-state index < -0.39 is 11.7 Å². The van der Waals surface area contributed by atoms with Crippen LogP contribution in [0.25, 0.3) is 11.1 Å². The second-order valence-corrected chi connectivity index (χ2v) is 7.49. The second-order valence-electron chi connectivity index (χ2n) is 7.49. The molecule has 0 saturated heterocycles. The molecule has 144 valence electrons. The van der Waals surface area contributed by atoms with Crippen molar-refractivity contribution < 1.29 is 14.3 Å². The molecule has 0 unspecified atom stereocenters. The zero-order chi connectivity index (χ0) is 20.0. The van der Waals surface area contributed by atoms with Crippen LogP contribution in [0.1, 0.15) is 26.3 Å². The number of anilines is 1. The Labute approximate surface area is 160 Å². The number of hydrazine groups is 1. The van der Waals surface area contributed by atoms with Crippen molar-refractivity contribution in [2.75, 3.05) is 19.0 Å². The van der Waals surface area contributed by atoms with Gasteiger partial charge in [-0.25, -0.2) is 10.2 Å². The second kappa shape index (κ2) is 8.58. The third kappa shape index (κ3) is 6.66. The number of carbonyl (C=O) groups is 2. The van der Waals surface area contributed by atoms with Gasteiger partial charge in [0.05, 0.1) is 6.42 Å². The SMILES string of the molecule is CN(C)c1ccc(-c2ccc(CC(=O)NNC(=O)OC(C)(C)C)cc2)cc1. The summed E-state index contributed by atoms with van der Waals surface area (Å²) in [6.07, 6.45) is -0.525. The molecule has 6 nitrogen and oxygen atoms in total. The van der Waals surface area contributed by atoms with E-state index in [1.807, 2.05) is 38.4 Å². The number of rotatable bonds is 4. The van der Waals surface area contributed by atoms with Crippen molar-refractivity contribution in [1.29, 1.82) is 0 Å². The number of amides is 2. The van der Waals surface area contributed by atoms with Gasteiger partial charge in [-0.1, -0.05) is 36.4 Å². The Morgan fingerprint density at radius 1 is 0.889 bits per heavy atom. The largest absolute Gasteiger partial charge is 0.443 e. The summed E-state index contributed by atoms with van der Waals surface area (Å²) in [5, 5.41) is 0. The quantitative estimate of drug-likeness (QED) is 0.809. The third-order valence-corrected chi connectivity index (χ3v) is 3.74. The van der Waals surface area contributed by atoms with Crippen LogP contribution in [0.2, 0.25) is 0 Å². The lowest BCUT2D eigenvalue weighted by molar-refractivity contribution is -0.121. The zero-order valence-corrected chi connectivity index (χ0v) is 16.5. The standard InChI is InChI=1S/C21H27N3O3/c1-21(2,3)27-20(26)23-22-19(25)14-15-6-8-16(9-7-15)17-10-12-18(13-11-17)24(4)5/h6-13H,14H2,1-5H3,(H,22,25)(H,23,26). The van der Waals surface area contributed by atoms with Crippen molar-refractivity contribution in [2.24, 2.45) is 0 Å². The summed E-state index contributed by atoms with van der Waals surface area (Å²) in [5.74, 6) is -0.316. The van der Waals surface area contributed by atoms with Crippen molar-refractivity contribution in [3.05, 3.63) is 54.1 Å². The minimum absolute atomic E-state index is 0.162. The van der Waals surface area contributed by atoms with Crippen LogP contribution in [0.3, 0.4) is 0 Å². The van der Waals surface area contributed by atoms with Crippen LogP contribution in [-0.2, 0) is 16.0 Å². The van der Waals surface area contributed by atoms with Crippen LogP contribution in [0.15, 0.2) is 48.5 Å². The van der Waals surface area contributed by atoms with E-state index in [4.69, 9.17) is 4.74 Å². The summed E-state index contributed by atoms with van der Waals surface area (Å²) in [6.45, 7) is 5.26. The van der Waals surface area contributed by atoms with Crippen LogP contribution < -0.4 is 15.8 Å². The Morgan fingerprint density at radius 2 is 1.41 bits per heavy atom. The normalized spacial score (nSPS) is 10.9. The molecule has 2 aromatic rings. The first-order valence-corrected chi connectivity index (χ1v) is 8.78. The first kappa shape index (κ1) is 20.3. The van der Waals surface area contributed by atoms with Crippen LogP contribution in [0.5, 0.6) is 0 Å². The highest BCUT2D eigenvalue weighted by molar-refractivity contribution is 5.81. The maximum Gasteiger partial charge on any atom is 0.426 e. The Bertz CT molecular complexity index is 776. The first-order chi connectivity index (χ1) is 12.6. The molecule has 0 fully saturated rings. The summed E-state index contributed by atoms with van der Waals surface area (Å²) in [6, 6.07) is 16.1. The Kier molecular flexibility index (Phi) is 6.45. The molecule has 0 aliphatic rings. The molecule has 0 aliphatic carbocycles. The first-order valence-electron chi connectivity index (χ1n) is 8.78. The van der Waals surface area contributed by atoms with Gasteiger partial charge >= 0.3 is 6.09 Å². The Hall–Kier alpha value is -3.02. The number of hydrogen-bond donors (Lipinski definition) is 2. The number of ether oxygens (including phenoxy) is 1. The smallest absolute Gasteiger partial charge is 0.426 e. The lowest BCUT2D eigenvalue weighted by Crippen LogP contribution is -2.44. The van der Waals surface area contributed by atoms with E-state index in [9.17, 15) is 9.59 Å². The molecule has 27 heavy (non-hydrogen) atoms. The fourth-order valence-corrected chi connectivity index (χ4v) is 2.42. The molecule has 0 heterocycles. The van der Waals surface area contributed by atoms with E-state index in [1.54, 1.807) is 20.8 Å². The van der Waals surface area contributed by atoms with Gasteiger partial charge in [0.15, 0.2) is 0 Å². The van der Waals surface area contributed by atoms with Crippen LogP contribution >= 0.6 is 0 Å². The Morgan fingerprint density at radius 3 is 1.89 bits per heavy atom. The minimum atomic E-state index is -0.688. The molecule has 0 atom stereocenters. The predicted molar refractivity (Wildman–Crippen MR) is 107 cm³/mol. The molecule has 2 rings (SSSR count). The molecule has 0 radical (unpaired) electrons. The monoisotopic (exact) mass is 369 g/mol. The molecule has 0 aromatic heterocycles. The molecular formula is C21H27N3O3. The van der Waals surface area contributed by atoms with E-state index >= 15 is 0 Å². The van der Waals surface area contributed by atoms with E-state index in [1.165, 1.54) is 0 Å². The van der Waals surface area contributed by atoms with Gasteiger partial charge in [0.25, 0.3) is 0 Å². The van der Waals surface area contributed by atoms with Crippen LogP contribution in [0, 0.1) is 0 Å². The lowest BCUT2D eigenvalue weighted by Gasteiger charge is -2.19. The van der Waals surface area contributed by atoms with E-state index in [-0.39, 0.29) is 12.3 Å². The van der Waals surface area contributed by atoms with E-state index in [0.717, 1.165) is 22.4 Å². The fourth-order valence-electron chi connectivity index (χ4n) is 2.42. The van der Waals surface area contributed by atoms with Gasteiger partial charge < -0.3 is 9.64 Å². The average Bonchev–Trinajstić information content (AvgIpc) is 2.59. The highest BCUT2D eigenvalue weighted by Crippen LogP contribution is 2.23. The zero-order valence-electron chi connectivity index (χ0n) is 16.5. The van der Waals surface area contributed by atoms with Gasteiger partial charge in [-0.3, -0.25) is 10.2 Å². The molecule has 0 bridgehead atoms. The molecule has 0 spiro atoms. The summed E-state index contributed by atoms with van der Waals surface area (Å²) >= 11 is 0. The average molecular weight is 369 g/mol. The van der Waals surface area contributed by atoms with E-state index in [0.29, 0.717) is 0 Å².